The summed E-state index contributed by atoms with van der Waals surface area (Å²) >= 11 is 0. The second-order valence-corrected chi connectivity index (χ2v) is 14.0. The van der Waals surface area contributed by atoms with Crippen LogP contribution in [-0.2, 0) is 0 Å². The maximum absolute atomic E-state index is 10.5. The van der Waals surface area contributed by atoms with Gasteiger partial charge in [-0.15, -0.1) is 0 Å². The highest BCUT2D eigenvalue weighted by atomic mass is 16.3. The van der Waals surface area contributed by atoms with Crippen molar-refractivity contribution >= 4 is 0 Å². The summed E-state index contributed by atoms with van der Waals surface area (Å²) < 4.78 is 0. The van der Waals surface area contributed by atoms with Gasteiger partial charge in [-0.05, 0) is 51.5 Å². The Labute approximate surface area is 283 Å². The first kappa shape index (κ1) is 44.4. The number of hydrogen-bond acceptors (Lipinski definition) is 3. The van der Waals surface area contributed by atoms with E-state index in [2.05, 4.69) is 37.4 Å². The smallest absolute Gasteiger partial charge is 0.0896 e. The molecule has 0 aromatic heterocycles. The third-order valence-electron chi connectivity index (χ3n) is 9.51. The molecule has 3 nitrogen and oxygen atoms in total. The third-order valence-corrected chi connectivity index (χ3v) is 9.51. The van der Waals surface area contributed by atoms with E-state index in [0.29, 0.717) is 0 Å². The molecule has 3 heteroatoms. The van der Waals surface area contributed by atoms with Crippen LogP contribution in [0.2, 0.25) is 0 Å². The molecule has 0 bridgehead atoms. The van der Waals surface area contributed by atoms with Crippen LogP contribution in [0.1, 0.15) is 219 Å². The predicted molar refractivity (Wildman–Crippen MR) is 202 cm³/mol. The summed E-state index contributed by atoms with van der Waals surface area (Å²) in [6.45, 7) is 5.43. The van der Waals surface area contributed by atoms with Gasteiger partial charge in [-0.3, -0.25) is 0 Å². The average Bonchev–Trinajstić information content (AvgIpc) is 3.05. The molecule has 0 aliphatic rings. The van der Waals surface area contributed by atoms with E-state index in [1.165, 1.54) is 193 Å². The maximum atomic E-state index is 10.5. The molecule has 0 unspecified atom stereocenters. The van der Waals surface area contributed by atoms with E-state index in [-0.39, 0.29) is 12.6 Å². The lowest BCUT2D eigenvalue weighted by molar-refractivity contribution is 0.123. The van der Waals surface area contributed by atoms with Crippen molar-refractivity contribution in [3.63, 3.8) is 0 Å². The van der Waals surface area contributed by atoms with Crippen LogP contribution in [-0.4, -0.2) is 35.5 Å². The summed E-state index contributed by atoms with van der Waals surface area (Å²) in [4.78, 5) is 0. The van der Waals surface area contributed by atoms with Gasteiger partial charge >= 0.3 is 0 Å². The Morgan fingerprint density at radius 3 is 1.09 bits per heavy atom. The number of allylic oxidation sites excluding steroid dienone is 3. The van der Waals surface area contributed by atoms with Gasteiger partial charge in [-0.25, -0.2) is 0 Å². The van der Waals surface area contributed by atoms with E-state index in [9.17, 15) is 10.2 Å². The van der Waals surface area contributed by atoms with Gasteiger partial charge in [0.2, 0.25) is 0 Å². The number of rotatable bonds is 38. The minimum absolute atomic E-state index is 0.0136. The predicted octanol–water partition coefficient (Wildman–Crippen LogP) is 12.9. The van der Waals surface area contributed by atoms with Crippen LogP contribution in [0, 0.1) is 0 Å². The van der Waals surface area contributed by atoms with Crippen molar-refractivity contribution < 1.29 is 10.2 Å². The minimum Gasteiger partial charge on any atom is -0.395 e. The van der Waals surface area contributed by atoms with Crippen LogP contribution in [0.5, 0.6) is 0 Å². The molecular weight excluding hydrogens is 550 g/mol. The zero-order valence-corrected chi connectivity index (χ0v) is 30.9. The molecule has 0 fully saturated rings. The molecule has 0 saturated carbocycles. The lowest BCUT2D eigenvalue weighted by Gasteiger charge is -2.19. The van der Waals surface area contributed by atoms with E-state index in [0.717, 1.165) is 19.4 Å². The van der Waals surface area contributed by atoms with Gasteiger partial charge in [-0.2, -0.15) is 0 Å². The Hall–Kier alpha value is -0.640. The van der Waals surface area contributed by atoms with Crippen molar-refractivity contribution in [1.82, 2.24) is 5.32 Å². The molecule has 0 saturated heterocycles. The number of aliphatic hydroxyl groups is 2. The fourth-order valence-electron chi connectivity index (χ4n) is 6.31. The van der Waals surface area contributed by atoms with Gasteiger partial charge in [0.25, 0.3) is 0 Å². The van der Waals surface area contributed by atoms with Crippen LogP contribution >= 0.6 is 0 Å². The summed E-state index contributed by atoms with van der Waals surface area (Å²) in [7, 11) is 0. The van der Waals surface area contributed by atoms with E-state index < -0.39 is 6.10 Å². The molecular formula is C42H83NO2. The van der Waals surface area contributed by atoms with Crippen LogP contribution in [0.3, 0.4) is 0 Å². The molecule has 0 amide bonds. The minimum atomic E-state index is -0.598. The van der Waals surface area contributed by atoms with Gasteiger partial charge in [0.05, 0.1) is 18.8 Å². The van der Waals surface area contributed by atoms with Crippen LogP contribution in [0.25, 0.3) is 0 Å². The highest BCUT2D eigenvalue weighted by Crippen LogP contribution is 2.14. The molecule has 0 aromatic rings. The first-order valence-corrected chi connectivity index (χ1v) is 20.6. The number of nitrogens with one attached hydrogen (secondary N) is 1. The Morgan fingerprint density at radius 1 is 0.422 bits per heavy atom. The van der Waals surface area contributed by atoms with Gasteiger partial charge in [0.15, 0.2) is 0 Å². The van der Waals surface area contributed by atoms with Crippen LogP contribution in [0.4, 0.5) is 0 Å². The largest absolute Gasteiger partial charge is 0.395 e. The van der Waals surface area contributed by atoms with Crippen molar-refractivity contribution in [3.05, 3.63) is 24.3 Å². The molecule has 3 N–H and O–H groups in total. The standard InChI is InChI=1S/C42H83NO2/c1-3-5-7-9-11-13-15-17-18-19-20-21-22-23-24-25-27-29-31-33-35-37-39-43-41(40-44)42(45)38-36-34-32-30-28-26-16-14-12-10-8-6-4-2/h17-18,36,38,41-45H,3-16,19-35,37,39-40H2,1-2H3/b18-17-,38-36+/t41-,42+/m0/s1. The van der Waals surface area contributed by atoms with E-state index in [1.54, 1.807) is 0 Å². The Bertz CT molecular complexity index is 589. The SMILES string of the molecule is CCCCCCCC/C=C\CCCCCCCCCCCCCCN[C@@H](CO)[C@H](O)/C=C/CCCCCCCCCCCCC. The maximum Gasteiger partial charge on any atom is 0.0896 e. The highest BCUT2D eigenvalue weighted by Gasteiger charge is 2.14. The first-order chi connectivity index (χ1) is 22.3. The van der Waals surface area contributed by atoms with Gasteiger partial charge in [0, 0.05) is 0 Å². The van der Waals surface area contributed by atoms with E-state index in [1.807, 2.05) is 6.08 Å². The van der Waals surface area contributed by atoms with Crippen LogP contribution < -0.4 is 5.32 Å². The summed E-state index contributed by atoms with van der Waals surface area (Å²) in [5, 5.41) is 23.5. The summed E-state index contributed by atoms with van der Waals surface area (Å²) in [5.41, 5.74) is 0. The lowest BCUT2D eigenvalue weighted by Crippen LogP contribution is -2.42. The topological polar surface area (TPSA) is 52.5 Å². The van der Waals surface area contributed by atoms with E-state index >= 15 is 0 Å². The number of hydrogen-bond donors (Lipinski definition) is 3. The molecule has 0 aromatic carbocycles. The monoisotopic (exact) mass is 634 g/mol. The normalized spacial score (nSPS) is 13.4. The van der Waals surface area contributed by atoms with Gasteiger partial charge in [-0.1, -0.05) is 199 Å². The van der Waals surface area contributed by atoms with Crippen LogP contribution in [0.15, 0.2) is 24.3 Å². The fourth-order valence-corrected chi connectivity index (χ4v) is 6.31. The Kier molecular flexibility index (Phi) is 39.0. The highest BCUT2D eigenvalue weighted by molar-refractivity contribution is 4.94. The molecule has 0 aliphatic carbocycles. The van der Waals surface area contributed by atoms with E-state index in [4.69, 9.17) is 0 Å². The molecule has 0 radical (unpaired) electrons. The van der Waals surface area contributed by atoms with Gasteiger partial charge in [0.1, 0.15) is 0 Å². The third kappa shape index (κ3) is 36.0. The first-order valence-electron chi connectivity index (χ1n) is 20.6. The molecule has 0 aliphatic heterocycles. The summed E-state index contributed by atoms with van der Waals surface area (Å²) in [6.07, 6.45) is 51.4. The molecule has 0 spiro atoms. The zero-order chi connectivity index (χ0) is 32.7. The van der Waals surface area contributed by atoms with Gasteiger partial charge < -0.3 is 15.5 Å². The quantitative estimate of drug-likeness (QED) is 0.0468. The fraction of sp³-hybridized carbons (Fsp3) is 0.905. The Morgan fingerprint density at radius 2 is 0.733 bits per heavy atom. The van der Waals surface area contributed by atoms with Crippen molar-refractivity contribution in [1.29, 1.82) is 0 Å². The number of aliphatic hydroxyl groups excluding tert-OH is 2. The van der Waals surface area contributed by atoms with Crippen molar-refractivity contribution in [2.45, 2.75) is 231 Å². The Balaban J connectivity index is 3.42. The van der Waals surface area contributed by atoms with Crippen molar-refractivity contribution in [2.24, 2.45) is 0 Å². The van der Waals surface area contributed by atoms with Crippen molar-refractivity contribution in [3.8, 4) is 0 Å². The summed E-state index contributed by atoms with van der Waals surface area (Å²) in [5.74, 6) is 0. The van der Waals surface area contributed by atoms with Crippen molar-refractivity contribution in [2.75, 3.05) is 13.2 Å². The zero-order valence-electron chi connectivity index (χ0n) is 30.9. The summed E-state index contributed by atoms with van der Waals surface area (Å²) in [6, 6.07) is -0.245. The lowest BCUT2D eigenvalue weighted by atomic mass is 10.0. The average molecular weight is 634 g/mol. The molecule has 45 heavy (non-hydrogen) atoms. The number of unbranched alkanes of at least 4 members (excludes halogenated alkanes) is 29. The molecule has 0 heterocycles. The molecule has 0 rings (SSSR count). The second kappa shape index (κ2) is 39.5. The second-order valence-electron chi connectivity index (χ2n) is 14.0. The molecule has 2 atom stereocenters. The molecule has 268 valence electrons.